The van der Waals surface area contributed by atoms with Crippen LogP contribution in [0.15, 0.2) is 39.5 Å². The molecule has 2 saturated heterocycles. The van der Waals surface area contributed by atoms with Crippen LogP contribution < -0.4 is 10.9 Å². The number of fused-ring (bicyclic) bond motifs is 1. The van der Waals surface area contributed by atoms with E-state index in [0.717, 1.165) is 31.3 Å². The first-order chi connectivity index (χ1) is 11.2. The molecule has 0 unspecified atom stereocenters. The molecule has 2 fully saturated rings. The lowest BCUT2D eigenvalue weighted by atomic mass is 9.78. The monoisotopic (exact) mass is 348 g/mol. The number of nitrogens with one attached hydrogen (secondary N) is 1. The van der Waals surface area contributed by atoms with Gasteiger partial charge in [-0.3, -0.25) is 4.79 Å². The van der Waals surface area contributed by atoms with Crippen molar-refractivity contribution in [2.24, 2.45) is 5.41 Å². The average molecular weight is 349 g/mol. The molecule has 1 aromatic carbocycles. The quantitative estimate of drug-likeness (QED) is 0.804. The smallest absolute Gasteiger partial charge is 0.349 e. The number of para-hydroxylation sites is 1. The Morgan fingerprint density at radius 1 is 1.17 bits per heavy atom. The summed E-state index contributed by atoms with van der Waals surface area (Å²) in [7, 11) is 0. The van der Waals surface area contributed by atoms with Crippen LogP contribution in [0.1, 0.15) is 29.6 Å². The van der Waals surface area contributed by atoms with E-state index in [1.54, 1.807) is 17.0 Å². The number of rotatable bonds is 1. The Bertz CT molecular complexity index is 801. The van der Waals surface area contributed by atoms with Gasteiger partial charge in [0.25, 0.3) is 5.91 Å². The highest BCUT2D eigenvalue weighted by atomic mass is 35.5. The van der Waals surface area contributed by atoms with E-state index in [1.165, 1.54) is 6.42 Å². The highest BCUT2D eigenvalue weighted by Crippen LogP contribution is 2.37. The van der Waals surface area contributed by atoms with Gasteiger partial charge >= 0.3 is 5.63 Å². The number of carbonyl (C=O) groups excluding carboxylic acids is 1. The first-order valence-electron chi connectivity index (χ1n) is 8.20. The third-order valence-corrected chi connectivity index (χ3v) is 5.32. The molecular formula is C18H21ClN2O3. The van der Waals surface area contributed by atoms with Gasteiger partial charge in [0.05, 0.1) is 0 Å². The molecule has 4 rings (SSSR count). The third-order valence-electron chi connectivity index (χ3n) is 5.32. The molecule has 128 valence electrons. The fourth-order valence-corrected chi connectivity index (χ4v) is 3.79. The Labute approximate surface area is 146 Å². The number of piperidine rings is 1. The van der Waals surface area contributed by atoms with Crippen molar-refractivity contribution in [3.05, 3.63) is 46.3 Å². The minimum absolute atomic E-state index is 0. The zero-order chi connectivity index (χ0) is 15.9. The Morgan fingerprint density at radius 3 is 2.62 bits per heavy atom. The Hall–Kier alpha value is -1.85. The van der Waals surface area contributed by atoms with Crippen LogP contribution in [0.4, 0.5) is 0 Å². The number of amides is 1. The summed E-state index contributed by atoms with van der Waals surface area (Å²) in [5, 5.41) is 4.20. The van der Waals surface area contributed by atoms with Gasteiger partial charge in [0.15, 0.2) is 0 Å². The lowest BCUT2D eigenvalue weighted by Gasteiger charge is -2.38. The molecular weight excluding hydrogens is 328 g/mol. The summed E-state index contributed by atoms with van der Waals surface area (Å²) in [6.07, 6.45) is 3.20. The number of hydrogen-bond donors (Lipinski definition) is 1. The first kappa shape index (κ1) is 17.0. The van der Waals surface area contributed by atoms with Crippen molar-refractivity contribution in [1.29, 1.82) is 0 Å². The van der Waals surface area contributed by atoms with Crippen LogP contribution in [0.25, 0.3) is 11.0 Å². The van der Waals surface area contributed by atoms with Crippen molar-refractivity contribution >= 4 is 29.3 Å². The highest BCUT2D eigenvalue weighted by Gasteiger charge is 2.38. The summed E-state index contributed by atoms with van der Waals surface area (Å²) >= 11 is 0. The lowest BCUT2D eigenvalue weighted by Crippen LogP contribution is -2.45. The van der Waals surface area contributed by atoms with Gasteiger partial charge in [-0.25, -0.2) is 4.79 Å². The van der Waals surface area contributed by atoms with E-state index in [4.69, 9.17) is 4.42 Å². The number of benzene rings is 1. The standard InChI is InChI=1S/C18H20N2O3.ClH/c21-16(20-9-6-18(7-10-20)5-8-19-12-18)14-11-13-3-1-2-4-15(13)23-17(14)22;/h1-4,11,19H,5-10,12H2;1H. The summed E-state index contributed by atoms with van der Waals surface area (Å²) in [5.74, 6) is -0.203. The normalized spacial score (nSPS) is 19.4. The van der Waals surface area contributed by atoms with Crippen molar-refractivity contribution < 1.29 is 9.21 Å². The maximum atomic E-state index is 12.7. The van der Waals surface area contributed by atoms with Gasteiger partial charge < -0.3 is 14.6 Å². The van der Waals surface area contributed by atoms with Crippen LogP contribution in [0.5, 0.6) is 0 Å². The second kappa shape index (κ2) is 6.57. The lowest BCUT2D eigenvalue weighted by molar-refractivity contribution is 0.0604. The molecule has 1 aromatic heterocycles. The molecule has 0 radical (unpaired) electrons. The number of carbonyl (C=O) groups is 1. The zero-order valence-corrected chi connectivity index (χ0v) is 14.2. The summed E-state index contributed by atoms with van der Waals surface area (Å²) in [6.45, 7) is 3.55. The highest BCUT2D eigenvalue weighted by molar-refractivity contribution is 5.96. The summed E-state index contributed by atoms with van der Waals surface area (Å²) in [6, 6.07) is 8.93. The zero-order valence-electron chi connectivity index (χ0n) is 13.4. The van der Waals surface area contributed by atoms with E-state index in [9.17, 15) is 9.59 Å². The molecule has 1 spiro atoms. The Balaban J connectivity index is 0.00000169. The topological polar surface area (TPSA) is 62.6 Å². The number of halogens is 1. The fourth-order valence-electron chi connectivity index (χ4n) is 3.79. The van der Waals surface area contributed by atoms with Crippen molar-refractivity contribution in [3.63, 3.8) is 0 Å². The second-order valence-corrected chi connectivity index (χ2v) is 6.70. The minimum Gasteiger partial charge on any atom is -0.422 e. The van der Waals surface area contributed by atoms with Gasteiger partial charge in [-0.1, -0.05) is 18.2 Å². The van der Waals surface area contributed by atoms with E-state index in [2.05, 4.69) is 5.32 Å². The van der Waals surface area contributed by atoms with E-state index in [1.807, 2.05) is 18.2 Å². The van der Waals surface area contributed by atoms with E-state index < -0.39 is 5.63 Å². The third kappa shape index (κ3) is 2.94. The molecule has 1 N–H and O–H groups in total. The largest absolute Gasteiger partial charge is 0.422 e. The van der Waals surface area contributed by atoms with Crippen molar-refractivity contribution in [2.45, 2.75) is 19.3 Å². The van der Waals surface area contributed by atoms with Crippen molar-refractivity contribution in [2.75, 3.05) is 26.2 Å². The van der Waals surface area contributed by atoms with E-state index in [0.29, 0.717) is 24.1 Å². The minimum atomic E-state index is -0.545. The summed E-state index contributed by atoms with van der Waals surface area (Å²) in [5.41, 5.74) is 0.467. The van der Waals surface area contributed by atoms with Gasteiger partial charge in [0.2, 0.25) is 0 Å². The molecule has 3 heterocycles. The number of hydrogen-bond acceptors (Lipinski definition) is 4. The molecule has 2 aliphatic rings. The molecule has 0 bridgehead atoms. The molecule has 0 aliphatic carbocycles. The van der Waals surface area contributed by atoms with Gasteiger partial charge in [-0.15, -0.1) is 12.4 Å². The predicted molar refractivity (Wildman–Crippen MR) is 94.8 cm³/mol. The SMILES string of the molecule is Cl.O=C(c1cc2ccccc2oc1=O)N1CCC2(CCNC2)CC1. The maximum Gasteiger partial charge on any atom is 0.349 e. The molecule has 24 heavy (non-hydrogen) atoms. The molecule has 1 amide bonds. The van der Waals surface area contributed by atoms with Gasteiger partial charge in [-0.2, -0.15) is 0 Å². The fraction of sp³-hybridized carbons (Fsp3) is 0.444. The van der Waals surface area contributed by atoms with E-state index >= 15 is 0 Å². The van der Waals surface area contributed by atoms with Crippen molar-refractivity contribution in [1.82, 2.24) is 10.2 Å². The maximum absolute atomic E-state index is 12.7. The molecule has 0 saturated carbocycles. The van der Waals surface area contributed by atoms with Crippen LogP contribution in [0, 0.1) is 5.41 Å². The average Bonchev–Trinajstić information content (AvgIpc) is 3.02. The van der Waals surface area contributed by atoms with Gasteiger partial charge in [0.1, 0.15) is 11.1 Å². The van der Waals surface area contributed by atoms with Crippen LogP contribution in [0.2, 0.25) is 0 Å². The van der Waals surface area contributed by atoms with Gasteiger partial charge in [-0.05, 0) is 43.4 Å². The molecule has 5 nitrogen and oxygen atoms in total. The van der Waals surface area contributed by atoms with Crippen LogP contribution in [-0.4, -0.2) is 37.0 Å². The molecule has 2 aliphatic heterocycles. The Morgan fingerprint density at radius 2 is 1.92 bits per heavy atom. The first-order valence-corrected chi connectivity index (χ1v) is 8.20. The predicted octanol–water partition coefficient (Wildman–Crippen LogP) is 2.43. The molecule has 0 atom stereocenters. The van der Waals surface area contributed by atoms with Gasteiger partial charge in [0, 0.05) is 25.0 Å². The van der Waals surface area contributed by atoms with Crippen LogP contribution in [0.3, 0.4) is 0 Å². The Kier molecular flexibility index (Phi) is 4.65. The molecule has 2 aromatic rings. The van der Waals surface area contributed by atoms with Crippen LogP contribution >= 0.6 is 12.4 Å². The van der Waals surface area contributed by atoms with Crippen molar-refractivity contribution in [3.8, 4) is 0 Å². The molecule has 6 heteroatoms. The van der Waals surface area contributed by atoms with Crippen LogP contribution in [-0.2, 0) is 0 Å². The number of likely N-dealkylation sites (tertiary alicyclic amines) is 1. The van der Waals surface area contributed by atoms with E-state index in [-0.39, 0.29) is 23.9 Å². The second-order valence-electron chi connectivity index (χ2n) is 6.70. The summed E-state index contributed by atoms with van der Waals surface area (Å²) in [4.78, 5) is 26.7. The summed E-state index contributed by atoms with van der Waals surface area (Å²) < 4.78 is 5.28. The number of nitrogens with zero attached hydrogens (tertiary/aromatic N) is 1.